The maximum Gasteiger partial charge on any atom is 0.287 e. The van der Waals surface area contributed by atoms with Crippen LogP contribution in [0.15, 0.2) is 23.6 Å². The van der Waals surface area contributed by atoms with Gasteiger partial charge in [0, 0.05) is 6.61 Å². The zero-order valence-corrected chi connectivity index (χ0v) is 15.9. The van der Waals surface area contributed by atoms with Crippen molar-refractivity contribution in [2.75, 3.05) is 6.61 Å². The molecule has 0 fully saturated rings. The normalized spacial score (nSPS) is 12.6. The minimum absolute atomic E-state index is 0.314. The van der Waals surface area contributed by atoms with Crippen LogP contribution in [0.2, 0.25) is 0 Å². The summed E-state index contributed by atoms with van der Waals surface area (Å²) in [6.07, 6.45) is 22.1. The summed E-state index contributed by atoms with van der Waals surface area (Å²) in [4.78, 5) is 0. The summed E-state index contributed by atoms with van der Waals surface area (Å²) < 4.78 is 29.4. The van der Waals surface area contributed by atoms with Crippen molar-refractivity contribution in [3.05, 3.63) is 23.6 Å². The average molecular weight is 361 g/mol. The summed E-state index contributed by atoms with van der Waals surface area (Å²) in [5.74, 6) is 0. The van der Waals surface area contributed by atoms with E-state index >= 15 is 0 Å². The molecular weight excluding hydrogens is 324 g/mol. The van der Waals surface area contributed by atoms with Crippen LogP contribution in [0.25, 0.3) is 0 Å². The van der Waals surface area contributed by atoms with Crippen LogP contribution in [0.1, 0.15) is 89.9 Å². The molecule has 142 valence electrons. The molecule has 0 aliphatic rings. The highest BCUT2D eigenvalue weighted by molar-refractivity contribution is 7.88. The topological polar surface area (TPSA) is 74.6 Å². The Bertz CT molecular complexity index is 413. The number of allylic oxidation sites excluding steroid dienone is 3. The van der Waals surface area contributed by atoms with E-state index in [0.29, 0.717) is 13.0 Å². The van der Waals surface area contributed by atoms with Gasteiger partial charge in [-0.3, -0.25) is 4.55 Å². The molecule has 0 heterocycles. The van der Waals surface area contributed by atoms with Crippen LogP contribution in [0.4, 0.5) is 0 Å². The van der Waals surface area contributed by atoms with Gasteiger partial charge in [0.1, 0.15) is 0 Å². The molecule has 0 saturated heterocycles. The van der Waals surface area contributed by atoms with Crippen LogP contribution >= 0.6 is 0 Å². The lowest BCUT2D eigenvalue weighted by molar-refractivity contribution is 0.283. The SMILES string of the molecule is O=S(=O)(O)C=CCCCCCCCCCCC=CCCCCCO. The second-order valence-electron chi connectivity index (χ2n) is 6.34. The summed E-state index contributed by atoms with van der Waals surface area (Å²) in [6.45, 7) is 0.314. The Kier molecular flexibility index (Phi) is 16.7. The van der Waals surface area contributed by atoms with Crippen LogP contribution < -0.4 is 0 Å². The van der Waals surface area contributed by atoms with E-state index in [-0.39, 0.29) is 0 Å². The van der Waals surface area contributed by atoms with Crippen molar-refractivity contribution in [1.82, 2.24) is 0 Å². The van der Waals surface area contributed by atoms with Gasteiger partial charge in [-0.25, -0.2) is 0 Å². The quantitative estimate of drug-likeness (QED) is 0.207. The number of hydrogen-bond donors (Lipinski definition) is 2. The molecule has 0 rings (SSSR count). The number of rotatable bonds is 17. The number of unbranched alkanes of at least 4 members (excludes halogenated alkanes) is 12. The third-order valence-electron chi connectivity index (χ3n) is 3.96. The molecule has 0 aliphatic carbocycles. The van der Waals surface area contributed by atoms with Gasteiger partial charge in [-0.15, -0.1) is 0 Å². The van der Waals surface area contributed by atoms with Gasteiger partial charge in [-0.1, -0.05) is 63.2 Å². The highest BCUT2D eigenvalue weighted by Gasteiger charge is 1.95. The lowest BCUT2D eigenvalue weighted by atomic mass is 10.1. The Hall–Kier alpha value is -0.650. The molecular formula is C19H36O4S. The maximum atomic E-state index is 10.5. The van der Waals surface area contributed by atoms with Gasteiger partial charge in [-0.05, 0) is 44.9 Å². The summed E-state index contributed by atoms with van der Waals surface area (Å²) in [5.41, 5.74) is 0. The zero-order chi connectivity index (χ0) is 17.9. The molecule has 0 saturated carbocycles. The van der Waals surface area contributed by atoms with Crippen LogP contribution in [-0.4, -0.2) is 24.7 Å². The van der Waals surface area contributed by atoms with E-state index in [0.717, 1.165) is 37.5 Å². The lowest BCUT2D eigenvalue weighted by Gasteiger charge is -2.01. The molecule has 2 N–H and O–H groups in total. The van der Waals surface area contributed by atoms with Crippen molar-refractivity contribution < 1.29 is 18.1 Å². The fraction of sp³-hybridized carbons (Fsp3) is 0.789. The highest BCUT2D eigenvalue weighted by Crippen LogP contribution is 2.11. The van der Waals surface area contributed by atoms with Crippen LogP contribution in [0, 0.1) is 0 Å². The lowest BCUT2D eigenvalue weighted by Crippen LogP contribution is -1.89. The smallest absolute Gasteiger partial charge is 0.287 e. The standard InChI is InChI=1S/C19H36O4S/c20-18-16-14-12-10-8-6-4-2-1-3-5-7-9-11-13-15-17-19-24(21,22)23/h6,8,17,19-20H,1-5,7,9-16,18H2,(H,21,22,23). The molecule has 0 spiro atoms. The third-order valence-corrected chi connectivity index (χ3v) is 4.49. The summed E-state index contributed by atoms with van der Waals surface area (Å²) >= 11 is 0. The van der Waals surface area contributed by atoms with Gasteiger partial charge in [0.25, 0.3) is 10.1 Å². The minimum Gasteiger partial charge on any atom is -0.396 e. The first-order valence-corrected chi connectivity index (χ1v) is 11.0. The predicted octanol–water partition coefficient (Wildman–Crippen LogP) is 5.40. The Morgan fingerprint density at radius 1 is 0.583 bits per heavy atom. The van der Waals surface area contributed by atoms with Gasteiger partial charge >= 0.3 is 0 Å². The second kappa shape index (κ2) is 17.2. The van der Waals surface area contributed by atoms with Crippen molar-refractivity contribution in [3.8, 4) is 0 Å². The van der Waals surface area contributed by atoms with Crippen LogP contribution in [0.5, 0.6) is 0 Å². The zero-order valence-electron chi connectivity index (χ0n) is 15.0. The third kappa shape index (κ3) is 21.4. The molecule has 0 radical (unpaired) electrons. The summed E-state index contributed by atoms with van der Waals surface area (Å²) in [5, 5.41) is 9.54. The van der Waals surface area contributed by atoms with E-state index in [9.17, 15) is 8.42 Å². The highest BCUT2D eigenvalue weighted by atomic mass is 32.2. The Balaban J connectivity index is 3.18. The molecule has 0 unspecified atom stereocenters. The molecule has 0 aliphatic heterocycles. The molecule has 4 nitrogen and oxygen atoms in total. The van der Waals surface area contributed by atoms with Crippen molar-refractivity contribution in [2.24, 2.45) is 0 Å². The molecule has 0 atom stereocenters. The molecule has 0 aromatic rings. The van der Waals surface area contributed by atoms with Gasteiger partial charge in [-0.2, -0.15) is 8.42 Å². The van der Waals surface area contributed by atoms with Gasteiger partial charge in [0.2, 0.25) is 0 Å². The molecule has 0 aromatic heterocycles. The van der Waals surface area contributed by atoms with E-state index < -0.39 is 10.1 Å². The first kappa shape index (κ1) is 23.4. The largest absolute Gasteiger partial charge is 0.396 e. The first-order chi connectivity index (χ1) is 11.6. The first-order valence-electron chi connectivity index (χ1n) is 9.46. The van der Waals surface area contributed by atoms with Gasteiger partial charge in [0.05, 0.1) is 5.41 Å². The van der Waals surface area contributed by atoms with Crippen molar-refractivity contribution in [2.45, 2.75) is 89.9 Å². The fourth-order valence-corrected chi connectivity index (χ4v) is 2.94. The van der Waals surface area contributed by atoms with E-state index in [1.54, 1.807) is 0 Å². The van der Waals surface area contributed by atoms with E-state index in [1.165, 1.54) is 57.4 Å². The van der Waals surface area contributed by atoms with Crippen molar-refractivity contribution >= 4 is 10.1 Å². The van der Waals surface area contributed by atoms with Gasteiger partial charge < -0.3 is 5.11 Å². The predicted molar refractivity (Wildman–Crippen MR) is 102 cm³/mol. The van der Waals surface area contributed by atoms with E-state index in [1.807, 2.05) is 0 Å². The Morgan fingerprint density at radius 2 is 0.958 bits per heavy atom. The van der Waals surface area contributed by atoms with Gasteiger partial charge in [0.15, 0.2) is 0 Å². The van der Waals surface area contributed by atoms with Crippen LogP contribution in [-0.2, 0) is 10.1 Å². The molecule has 0 amide bonds. The fourth-order valence-electron chi connectivity index (χ4n) is 2.56. The Labute approximate surface area is 148 Å². The van der Waals surface area contributed by atoms with E-state index in [2.05, 4.69) is 12.2 Å². The average Bonchev–Trinajstić information content (AvgIpc) is 2.52. The monoisotopic (exact) mass is 360 g/mol. The van der Waals surface area contributed by atoms with E-state index in [4.69, 9.17) is 9.66 Å². The molecule has 0 bridgehead atoms. The summed E-state index contributed by atoms with van der Waals surface area (Å²) in [7, 11) is -3.94. The molecule has 24 heavy (non-hydrogen) atoms. The number of aliphatic hydroxyl groups excluding tert-OH is 1. The molecule has 0 aromatic carbocycles. The van der Waals surface area contributed by atoms with Crippen molar-refractivity contribution in [3.63, 3.8) is 0 Å². The maximum absolute atomic E-state index is 10.5. The summed E-state index contributed by atoms with van der Waals surface area (Å²) in [6, 6.07) is 0. The van der Waals surface area contributed by atoms with Crippen LogP contribution in [0.3, 0.4) is 0 Å². The number of hydrogen-bond acceptors (Lipinski definition) is 3. The van der Waals surface area contributed by atoms with Crippen molar-refractivity contribution in [1.29, 1.82) is 0 Å². The second-order valence-corrected chi connectivity index (χ2v) is 7.64. The number of aliphatic hydroxyl groups is 1. The Morgan fingerprint density at radius 3 is 1.38 bits per heavy atom. The minimum atomic E-state index is -3.94. The molecule has 5 heteroatoms.